The zero-order chi connectivity index (χ0) is 18.0. The first-order valence-electron chi connectivity index (χ1n) is 8.09. The van der Waals surface area contributed by atoms with Crippen LogP contribution in [-0.4, -0.2) is 30.9 Å². The van der Waals surface area contributed by atoms with Crippen molar-refractivity contribution < 1.29 is 18.0 Å². The Kier molecular flexibility index (Phi) is 4.81. The summed E-state index contributed by atoms with van der Waals surface area (Å²) in [6.07, 6.45) is -4.55. The van der Waals surface area contributed by atoms with E-state index in [1.54, 1.807) is 13.1 Å². The highest BCUT2D eigenvalue weighted by Gasteiger charge is 2.41. The van der Waals surface area contributed by atoms with Crippen molar-refractivity contribution in [3.8, 4) is 0 Å². The van der Waals surface area contributed by atoms with Crippen LogP contribution in [0.25, 0.3) is 0 Å². The van der Waals surface area contributed by atoms with E-state index in [1.165, 1.54) is 11.0 Å². The quantitative estimate of drug-likeness (QED) is 0.914. The van der Waals surface area contributed by atoms with Crippen molar-refractivity contribution in [2.45, 2.75) is 18.6 Å². The number of fused-ring (bicyclic) bond motifs is 1. The van der Waals surface area contributed by atoms with E-state index in [4.69, 9.17) is 0 Å². The largest absolute Gasteiger partial charge is 0.417 e. The second kappa shape index (κ2) is 6.88. The van der Waals surface area contributed by atoms with E-state index in [1.807, 2.05) is 30.3 Å². The molecule has 0 saturated carbocycles. The van der Waals surface area contributed by atoms with E-state index in [9.17, 15) is 18.0 Å². The topological polar surface area (TPSA) is 32.3 Å². The first kappa shape index (κ1) is 17.5. The van der Waals surface area contributed by atoms with Crippen LogP contribution >= 0.6 is 0 Å². The monoisotopic (exact) mass is 348 g/mol. The Balaban J connectivity index is 2.03. The number of likely N-dealkylation sites (N-methyl/N-ethyl adjacent to an activating group) is 1. The second-order valence-corrected chi connectivity index (χ2v) is 6.19. The van der Waals surface area contributed by atoms with Crippen LogP contribution < -0.4 is 5.32 Å². The lowest BCUT2D eigenvalue weighted by atomic mass is 9.86. The van der Waals surface area contributed by atoms with Crippen molar-refractivity contribution in [2.24, 2.45) is 0 Å². The zero-order valence-electron chi connectivity index (χ0n) is 13.8. The lowest BCUT2D eigenvalue weighted by molar-refractivity contribution is -0.138. The van der Waals surface area contributed by atoms with E-state index in [2.05, 4.69) is 5.32 Å². The third kappa shape index (κ3) is 3.54. The van der Waals surface area contributed by atoms with Crippen molar-refractivity contribution in [3.63, 3.8) is 0 Å². The van der Waals surface area contributed by atoms with Gasteiger partial charge in [-0.15, -0.1) is 0 Å². The number of hydrogen-bond acceptors (Lipinski definition) is 2. The maximum Gasteiger partial charge on any atom is 0.417 e. The summed E-state index contributed by atoms with van der Waals surface area (Å²) in [7, 11) is 1.76. The van der Waals surface area contributed by atoms with Crippen LogP contribution in [0.15, 0.2) is 48.5 Å². The molecule has 1 N–H and O–H groups in total. The van der Waals surface area contributed by atoms with Crippen LogP contribution in [0.2, 0.25) is 0 Å². The predicted octanol–water partition coefficient (Wildman–Crippen LogP) is 3.66. The predicted molar refractivity (Wildman–Crippen MR) is 89.3 cm³/mol. The summed E-state index contributed by atoms with van der Waals surface area (Å²) >= 11 is 0. The molecule has 1 heterocycles. The van der Waals surface area contributed by atoms with Crippen molar-refractivity contribution in [3.05, 3.63) is 70.8 Å². The first-order valence-corrected chi connectivity index (χ1v) is 8.09. The number of benzene rings is 2. The number of nitrogens with one attached hydrogen (secondary N) is 1. The van der Waals surface area contributed by atoms with Gasteiger partial charge in [-0.3, -0.25) is 4.79 Å². The van der Waals surface area contributed by atoms with E-state index in [-0.39, 0.29) is 11.5 Å². The SMILES string of the molecule is CNCC1CN(Cc2ccccc2)C(=O)c2c1cccc2C(F)(F)F. The van der Waals surface area contributed by atoms with Crippen LogP contribution in [0, 0.1) is 0 Å². The molecule has 0 saturated heterocycles. The van der Waals surface area contributed by atoms with Gasteiger partial charge in [0.25, 0.3) is 5.91 Å². The Hall–Kier alpha value is -2.34. The van der Waals surface area contributed by atoms with Crippen LogP contribution in [-0.2, 0) is 12.7 Å². The number of carbonyl (C=O) groups is 1. The minimum atomic E-state index is -4.55. The van der Waals surface area contributed by atoms with E-state index in [0.29, 0.717) is 25.2 Å². The molecular formula is C19H19F3N2O. The summed E-state index contributed by atoms with van der Waals surface area (Å²) in [6, 6.07) is 13.3. The Bertz CT molecular complexity index is 759. The van der Waals surface area contributed by atoms with Gasteiger partial charge < -0.3 is 10.2 Å². The molecule has 0 aromatic heterocycles. The fourth-order valence-electron chi connectivity index (χ4n) is 3.35. The highest BCUT2D eigenvalue weighted by atomic mass is 19.4. The van der Waals surface area contributed by atoms with Crippen molar-refractivity contribution in [1.82, 2.24) is 10.2 Å². The molecular weight excluding hydrogens is 329 g/mol. The summed E-state index contributed by atoms with van der Waals surface area (Å²) in [5.74, 6) is -0.733. The molecule has 0 spiro atoms. The minimum Gasteiger partial charge on any atom is -0.334 e. The average Bonchev–Trinajstić information content (AvgIpc) is 2.59. The smallest absolute Gasteiger partial charge is 0.334 e. The molecule has 6 heteroatoms. The highest BCUT2D eigenvalue weighted by molar-refractivity contribution is 5.98. The molecule has 0 radical (unpaired) electrons. The molecule has 1 amide bonds. The van der Waals surface area contributed by atoms with Crippen molar-refractivity contribution >= 4 is 5.91 Å². The van der Waals surface area contributed by atoms with E-state index < -0.39 is 17.6 Å². The Morgan fingerprint density at radius 1 is 1.12 bits per heavy atom. The lowest BCUT2D eigenvalue weighted by Crippen LogP contribution is -2.43. The van der Waals surface area contributed by atoms with Gasteiger partial charge in [0.2, 0.25) is 0 Å². The van der Waals surface area contributed by atoms with E-state index >= 15 is 0 Å². The van der Waals surface area contributed by atoms with Gasteiger partial charge in [0.05, 0.1) is 11.1 Å². The molecule has 0 fully saturated rings. The van der Waals surface area contributed by atoms with Crippen molar-refractivity contribution in [1.29, 1.82) is 0 Å². The summed E-state index contributed by atoms with van der Waals surface area (Å²) in [4.78, 5) is 14.4. The van der Waals surface area contributed by atoms with Crippen LogP contribution in [0.3, 0.4) is 0 Å². The van der Waals surface area contributed by atoms with Crippen LogP contribution in [0.5, 0.6) is 0 Å². The molecule has 1 aliphatic heterocycles. The molecule has 1 aliphatic rings. The van der Waals surface area contributed by atoms with Gasteiger partial charge in [-0.1, -0.05) is 42.5 Å². The lowest BCUT2D eigenvalue weighted by Gasteiger charge is -2.35. The summed E-state index contributed by atoms with van der Waals surface area (Å²) in [5.41, 5.74) is 0.303. The molecule has 1 unspecified atom stereocenters. The molecule has 3 rings (SSSR count). The van der Waals surface area contributed by atoms with Crippen LogP contribution in [0.4, 0.5) is 13.2 Å². The number of amides is 1. The van der Waals surface area contributed by atoms with Crippen LogP contribution in [0.1, 0.15) is 33.0 Å². The minimum absolute atomic E-state index is 0.177. The normalized spacial score (nSPS) is 17.5. The van der Waals surface area contributed by atoms with Gasteiger partial charge in [-0.2, -0.15) is 13.2 Å². The summed E-state index contributed by atoms with van der Waals surface area (Å²) in [6.45, 7) is 1.20. The fourth-order valence-corrected chi connectivity index (χ4v) is 3.35. The number of alkyl halides is 3. The maximum atomic E-state index is 13.4. The van der Waals surface area contributed by atoms with Gasteiger partial charge in [-0.05, 0) is 24.2 Å². The standard InChI is InChI=1S/C19H19F3N2O/c1-23-10-14-12-24(11-13-6-3-2-4-7-13)18(25)17-15(14)8-5-9-16(17)19(20,21)22/h2-9,14,23H,10-12H2,1H3. The Labute approximate surface area is 144 Å². The number of carbonyl (C=O) groups excluding carboxylic acids is 1. The zero-order valence-corrected chi connectivity index (χ0v) is 13.8. The molecule has 0 bridgehead atoms. The number of rotatable bonds is 4. The fraction of sp³-hybridized carbons (Fsp3) is 0.316. The van der Waals surface area contributed by atoms with Gasteiger partial charge in [0.15, 0.2) is 0 Å². The third-order valence-electron chi connectivity index (χ3n) is 4.45. The number of hydrogen-bond donors (Lipinski definition) is 1. The van der Waals surface area contributed by atoms with Crippen molar-refractivity contribution in [2.75, 3.05) is 20.1 Å². The number of nitrogens with zero attached hydrogens (tertiary/aromatic N) is 1. The average molecular weight is 348 g/mol. The molecule has 0 aliphatic carbocycles. The Morgan fingerprint density at radius 3 is 2.48 bits per heavy atom. The molecule has 2 aromatic carbocycles. The van der Waals surface area contributed by atoms with Gasteiger partial charge >= 0.3 is 6.18 Å². The van der Waals surface area contributed by atoms with Gasteiger partial charge in [-0.25, -0.2) is 0 Å². The molecule has 1 atom stereocenters. The number of halogens is 3. The second-order valence-electron chi connectivity index (χ2n) is 6.19. The molecule has 132 valence electrons. The van der Waals surface area contributed by atoms with Gasteiger partial charge in [0, 0.05) is 25.6 Å². The first-order chi connectivity index (χ1) is 11.9. The Morgan fingerprint density at radius 2 is 1.84 bits per heavy atom. The van der Waals surface area contributed by atoms with E-state index in [0.717, 1.165) is 11.6 Å². The van der Waals surface area contributed by atoms with Gasteiger partial charge in [0.1, 0.15) is 0 Å². The highest BCUT2D eigenvalue weighted by Crippen LogP contribution is 2.38. The molecule has 2 aromatic rings. The molecule has 25 heavy (non-hydrogen) atoms. The maximum absolute atomic E-state index is 13.4. The molecule has 3 nitrogen and oxygen atoms in total. The third-order valence-corrected chi connectivity index (χ3v) is 4.45. The summed E-state index contributed by atoms with van der Waals surface area (Å²) in [5, 5.41) is 3.02. The summed E-state index contributed by atoms with van der Waals surface area (Å²) < 4.78 is 40.3.